The van der Waals surface area contributed by atoms with E-state index in [9.17, 15) is 9.59 Å². The van der Waals surface area contributed by atoms with Crippen LogP contribution in [-0.2, 0) is 9.53 Å². The second kappa shape index (κ2) is 9.02. The average Bonchev–Trinajstić information content (AvgIpc) is 3.25. The summed E-state index contributed by atoms with van der Waals surface area (Å²) in [6.07, 6.45) is 2.12. The molecule has 1 aromatic heterocycles. The predicted octanol–water partition coefficient (Wildman–Crippen LogP) is 3.39. The highest BCUT2D eigenvalue weighted by Gasteiger charge is 2.18. The van der Waals surface area contributed by atoms with Gasteiger partial charge in [0.2, 0.25) is 5.91 Å². The van der Waals surface area contributed by atoms with Crippen molar-refractivity contribution in [2.24, 2.45) is 0 Å². The lowest BCUT2D eigenvalue weighted by Gasteiger charge is -2.16. The van der Waals surface area contributed by atoms with E-state index in [4.69, 9.17) is 9.72 Å². The summed E-state index contributed by atoms with van der Waals surface area (Å²) in [4.78, 5) is 30.4. The number of benzene rings is 2. The van der Waals surface area contributed by atoms with E-state index in [2.05, 4.69) is 5.32 Å². The number of amides is 1. The topological polar surface area (TPSA) is 73.2 Å². The number of rotatable bonds is 6. The van der Waals surface area contributed by atoms with Crippen molar-refractivity contribution >= 4 is 28.6 Å². The highest BCUT2D eigenvalue weighted by molar-refractivity contribution is 7.99. The lowest BCUT2D eigenvalue weighted by molar-refractivity contribution is -0.119. The van der Waals surface area contributed by atoms with E-state index in [1.165, 1.54) is 11.8 Å². The van der Waals surface area contributed by atoms with Gasteiger partial charge in [0.15, 0.2) is 5.16 Å². The van der Waals surface area contributed by atoms with Crippen LogP contribution in [0.5, 0.6) is 0 Å². The summed E-state index contributed by atoms with van der Waals surface area (Å²) in [5.41, 5.74) is 3.39. The van der Waals surface area contributed by atoms with Crippen LogP contribution in [0.2, 0.25) is 0 Å². The summed E-state index contributed by atoms with van der Waals surface area (Å²) in [6, 6.07) is 13.3. The number of ether oxygens (including phenoxy) is 1. The molecule has 2 aromatic carbocycles. The lowest BCUT2D eigenvalue weighted by Crippen LogP contribution is -2.33. The molecule has 1 atom stereocenters. The number of fused-ring (bicyclic) bond motifs is 1. The van der Waals surface area contributed by atoms with Crippen molar-refractivity contribution in [1.29, 1.82) is 0 Å². The molecular weight excluding hydrogens is 398 g/mol. The fourth-order valence-corrected chi connectivity index (χ4v) is 4.53. The summed E-state index contributed by atoms with van der Waals surface area (Å²) >= 11 is 1.27. The van der Waals surface area contributed by atoms with Gasteiger partial charge in [0, 0.05) is 13.2 Å². The van der Waals surface area contributed by atoms with Gasteiger partial charge in [-0.15, -0.1) is 0 Å². The first-order valence-electron chi connectivity index (χ1n) is 10.1. The summed E-state index contributed by atoms with van der Waals surface area (Å²) < 4.78 is 7.17. The third-order valence-corrected chi connectivity index (χ3v) is 6.16. The van der Waals surface area contributed by atoms with E-state index in [1.54, 1.807) is 10.6 Å². The van der Waals surface area contributed by atoms with E-state index in [0.717, 1.165) is 36.3 Å². The van der Waals surface area contributed by atoms with Crippen LogP contribution >= 0.6 is 11.8 Å². The van der Waals surface area contributed by atoms with Gasteiger partial charge in [-0.1, -0.05) is 41.6 Å². The number of carbonyl (C=O) groups excluding carboxylic acids is 1. The molecule has 2 heterocycles. The maximum absolute atomic E-state index is 13.3. The number of hydrogen-bond acceptors (Lipinski definition) is 5. The highest BCUT2D eigenvalue weighted by Crippen LogP contribution is 2.23. The molecule has 7 heteroatoms. The third kappa shape index (κ3) is 4.42. The van der Waals surface area contributed by atoms with Crippen LogP contribution in [-0.4, -0.2) is 40.5 Å². The molecule has 4 rings (SSSR count). The van der Waals surface area contributed by atoms with Gasteiger partial charge in [-0.25, -0.2) is 4.98 Å². The van der Waals surface area contributed by atoms with Crippen molar-refractivity contribution in [2.45, 2.75) is 37.9 Å². The Morgan fingerprint density at radius 1 is 1.27 bits per heavy atom. The Labute approximate surface area is 179 Å². The number of nitrogens with one attached hydrogen (secondary N) is 1. The van der Waals surface area contributed by atoms with Crippen molar-refractivity contribution in [2.75, 3.05) is 18.9 Å². The van der Waals surface area contributed by atoms with Crippen LogP contribution < -0.4 is 10.9 Å². The zero-order valence-electron chi connectivity index (χ0n) is 17.2. The molecule has 1 aliphatic heterocycles. The Morgan fingerprint density at radius 2 is 2.10 bits per heavy atom. The molecule has 0 aliphatic carbocycles. The first-order chi connectivity index (χ1) is 14.5. The quantitative estimate of drug-likeness (QED) is 0.486. The van der Waals surface area contributed by atoms with Crippen LogP contribution in [0, 0.1) is 13.8 Å². The molecule has 0 unspecified atom stereocenters. The molecule has 30 heavy (non-hydrogen) atoms. The zero-order chi connectivity index (χ0) is 21.1. The second-order valence-electron chi connectivity index (χ2n) is 7.57. The molecule has 0 spiro atoms. The van der Waals surface area contributed by atoms with E-state index in [0.29, 0.717) is 22.6 Å². The minimum absolute atomic E-state index is 0.0925. The Morgan fingerprint density at radius 3 is 2.87 bits per heavy atom. The zero-order valence-corrected chi connectivity index (χ0v) is 18.0. The maximum Gasteiger partial charge on any atom is 0.266 e. The average molecular weight is 424 g/mol. The SMILES string of the molecule is Cc1ccc(-n2c(SCC(=O)NC[C@@H]3CCCO3)nc3ccccc3c2=O)c(C)c1. The van der Waals surface area contributed by atoms with Crippen molar-refractivity contribution in [3.8, 4) is 5.69 Å². The lowest BCUT2D eigenvalue weighted by atomic mass is 10.1. The smallest absolute Gasteiger partial charge is 0.266 e. The minimum Gasteiger partial charge on any atom is -0.376 e. The number of thioether (sulfide) groups is 1. The van der Waals surface area contributed by atoms with Gasteiger partial charge in [-0.3, -0.25) is 14.2 Å². The number of carbonyl (C=O) groups is 1. The highest BCUT2D eigenvalue weighted by atomic mass is 32.2. The first kappa shape index (κ1) is 20.6. The molecule has 6 nitrogen and oxygen atoms in total. The molecular formula is C23H25N3O3S. The molecule has 0 radical (unpaired) electrons. The fraction of sp³-hybridized carbons (Fsp3) is 0.348. The Bertz CT molecular complexity index is 1140. The Hall–Kier alpha value is -2.64. The monoisotopic (exact) mass is 423 g/mol. The number of aromatic nitrogens is 2. The van der Waals surface area contributed by atoms with Crippen LogP contribution in [0.15, 0.2) is 52.4 Å². The summed E-state index contributed by atoms with van der Waals surface area (Å²) in [7, 11) is 0. The molecule has 156 valence electrons. The maximum atomic E-state index is 13.3. The van der Waals surface area contributed by atoms with E-state index < -0.39 is 0 Å². The summed E-state index contributed by atoms with van der Waals surface area (Å²) in [6.45, 7) is 5.28. The van der Waals surface area contributed by atoms with Gasteiger partial charge in [0.05, 0.1) is 28.4 Å². The Kier molecular flexibility index (Phi) is 6.20. The summed E-state index contributed by atoms with van der Waals surface area (Å²) in [5.74, 6) is 0.0904. The van der Waals surface area contributed by atoms with Gasteiger partial charge in [-0.2, -0.15) is 0 Å². The van der Waals surface area contributed by atoms with Crippen molar-refractivity contribution < 1.29 is 9.53 Å². The van der Waals surface area contributed by atoms with E-state index in [-0.39, 0.29) is 23.3 Å². The van der Waals surface area contributed by atoms with Crippen molar-refractivity contribution in [3.63, 3.8) is 0 Å². The van der Waals surface area contributed by atoms with Gasteiger partial charge >= 0.3 is 0 Å². The molecule has 3 aromatic rings. The third-order valence-electron chi connectivity index (χ3n) is 5.22. The molecule has 1 fully saturated rings. The van der Waals surface area contributed by atoms with Crippen LogP contribution in [0.4, 0.5) is 0 Å². The largest absolute Gasteiger partial charge is 0.376 e. The summed E-state index contributed by atoms with van der Waals surface area (Å²) in [5, 5.41) is 4.00. The standard InChI is InChI=1S/C23H25N3O3S/c1-15-9-10-20(16(2)12-15)26-22(28)18-7-3-4-8-19(18)25-23(26)30-14-21(27)24-13-17-6-5-11-29-17/h3-4,7-10,12,17H,5-6,11,13-14H2,1-2H3,(H,24,27)/t17-/m0/s1. The first-order valence-corrected chi connectivity index (χ1v) is 11.1. The molecule has 0 saturated carbocycles. The van der Waals surface area contributed by atoms with Gasteiger partial charge < -0.3 is 10.1 Å². The van der Waals surface area contributed by atoms with Crippen LogP contribution in [0.3, 0.4) is 0 Å². The van der Waals surface area contributed by atoms with Crippen molar-refractivity contribution in [1.82, 2.24) is 14.9 Å². The molecule has 1 aliphatic rings. The van der Waals surface area contributed by atoms with E-state index in [1.807, 2.05) is 50.2 Å². The number of hydrogen-bond donors (Lipinski definition) is 1. The minimum atomic E-state index is -0.130. The van der Waals surface area contributed by atoms with Gasteiger partial charge in [0.25, 0.3) is 5.56 Å². The van der Waals surface area contributed by atoms with Crippen molar-refractivity contribution in [3.05, 3.63) is 63.9 Å². The number of para-hydroxylation sites is 1. The second-order valence-corrected chi connectivity index (χ2v) is 8.51. The Balaban J connectivity index is 1.64. The fourth-order valence-electron chi connectivity index (χ4n) is 3.69. The van der Waals surface area contributed by atoms with Crippen LogP contribution in [0.1, 0.15) is 24.0 Å². The van der Waals surface area contributed by atoms with E-state index >= 15 is 0 Å². The molecule has 0 bridgehead atoms. The normalized spacial score (nSPS) is 16.1. The predicted molar refractivity (Wildman–Crippen MR) is 120 cm³/mol. The molecule has 1 N–H and O–H groups in total. The van der Waals surface area contributed by atoms with Crippen LogP contribution in [0.25, 0.3) is 16.6 Å². The number of nitrogens with zero attached hydrogens (tertiary/aromatic N) is 2. The number of aryl methyl sites for hydroxylation is 2. The molecule has 1 amide bonds. The van der Waals surface area contributed by atoms with Gasteiger partial charge in [-0.05, 0) is 50.5 Å². The molecule has 1 saturated heterocycles. The van der Waals surface area contributed by atoms with Gasteiger partial charge in [0.1, 0.15) is 0 Å².